The fourth-order valence-electron chi connectivity index (χ4n) is 1.89. The zero-order chi connectivity index (χ0) is 11.5. The lowest BCUT2D eigenvalue weighted by Crippen LogP contribution is -2.12. The Bertz CT molecular complexity index is 395. The summed E-state index contributed by atoms with van der Waals surface area (Å²) in [6.07, 6.45) is 6.34. The third-order valence-corrected chi connectivity index (χ3v) is 2.80. The second kappa shape index (κ2) is 4.47. The topological polar surface area (TPSA) is 75.1 Å². The van der Waals surface area contributed by atoms with Gasteiger partial charge in [0.25, 0.3) is 0 Å². The number of carbonyl (C=O) groups is 1. The first-order valence-corrected chi connectivity index (χ1v) is 5.53. The summed E-state index contributed by atoms with van der Waals surface area (Å²) in [6.45, 7) is 2.15. The minimum absolute atomic E-state index is 0.00430. The minimum Gasteiger partial charge on any atom is -0.476 e. The van der Waals surface area contributed by atoms with Crippen LogP contribution in [0.5, 0.6) is 0 Å². The number of aromatic carboxylic acids is 1. The first-order valence-electron chi connectivity index (χ1n) is 5.53. The zero-order valence-electron chi connectivity index (χ0n) is 9.18. The summed E-state index contributed by atoms with van der Waals surface area (Å²) in [7, 11) is 0. The van der Waals surface area contributed by atoms with Crippen molar-refractivity contribution in [3.63, 3.8) is 0 Å². The van der Waals surface area contributed by atoms with Crippen molar-refractivity contribution in [1.82, 2.24) is 9.97 Å². The highest BCUT2D eigenvalue weighted by atomic mass is 16.4. The standard InChI is InChI=1S/C11H15N3O2/c1-2-3-7-6-8(7)14-10-9(11(15)16)12-4-5-13-10/h4-5,7-8H,2-3,6H2,1H3,(H,13,14)(H,15,16). The van der Waals surface area contributed by atoms with Gasteiger partial charge in [0.05, 0.1) is 0 Å². The molecular weight excluding hydrogens is 206 g/mol. The van der Waals surface area contributed by atoms with Gasteiger partial charge in [-0.2, -0.15) is 0 Å². The Balaban J connectivity index is 2.02. The maximum Gasteiger partial charge on any atom is 0.358 e. The number of rotatable bonds is 5. The quantitative estimate of drug-likeness (QED) is 0.792. The fourth-order valence-corrected chi connectivity index (χ4v) is 1.89. The lowest BCUT2D eigenvalue weighted by molar-refractivity contribution is 0.0691. The van der Waals surface area contributed by atoms with Gasteiger partial charge in [0, 0.05) is 18.4 Å². The van der Waals surface area contributed by atoms with Crippen molar-refractivity contribution >= 4 is 11.8 Å². The van der Waals surface area contributed by atoms with Gasteiger partial charge in [-0.25, -0.2) is 14.8 Å². The van der Waals surface area contributed by atoms with E-state index in [-0.39, 0.29) is 5.69 Å². The van der Waals surface area contributed by atoms with Crippen LogP contribution in [0.4, 0.5) is 5.82 Å². The lowest BCUT2D eigenvalue weighted by atomic mass is 10.2. The summed E-state index contributed by atoms with van der Waals surface area (Å²) in [5.74, 6) is 0.00976. The van der Waals surface area contributed by atoms with E-state index in [4.69, 9.17) is 5.11 Å². The van der Waals surface area contributed by atoms with E-state index in [9.17, 15) is 4.79 Å². The molecule has 2 rings (SSSR count). The van der Waals surface area contributed by atoms with Crippen LogP contribution in [-0.2, 0) is 0 Å². The lowest BCUT2D eigenvalue weighted by Gasteiger charge is -2.06. The van der Waals surface area contributed by atoms with Crippen molar-refractivity contribution in [2.24, 2.45) is 5.92 Å². The number of nitrogens with one attached hydrogen (secondary N) is 1. The molecule has 1 fully saturated rings. The summed E-state index contributed by atoms with van der Waals surface area (Å²) in [5, 5.41) is 12.1. The maximum atomic E-state index is 10.9. The van der Waals surface area contributed by atoms with Crippen molar-refractivity contribution in [2.45, 2.75) is 32.2 Å². The van der Waals surface area contributed by atoms with Gasteiger partial charge >= 0.3 is 5.97 Å². The Morgan fingerprint density at radius 2 is 2.31 bits per heavy atom. The van der Waals surface area contributed by atoms with Crippen LogP contribution in [-0.4, -0.2) is 27.1 Å². The van der Waals surface area contributed by atoms with Crippen LogP contribution in [0.15, 0.2) is 12.4 Å². The van der Waals surface area contributed by atoms with Crippen molar-refractivity contribution in [3.05, 3.63) is 18.1 Å². The molecule has 5 heteroatoms. The van der Waals surface area contributed by atoms with Gasteiger partial charge in [-0.05, 0) is 18.8 Å². The van der Waals surface area contributed by atoms with E-state index in [2.05, 4.69) is 22.2 Å². The maximum absolute atomic E-state index is 10.9. The smallest absolute Gasteiger partial charge is 0.358 e. The second-order valence-electron chi connectivity index (χ2n) is 4.09. The van der Waals surface area contributed by atoms with Crippen LogP contribution in [0.2, 0.25) is 0 Å². The molecule has 1 aromatic heterocycles. The minimum atomic E-state index is -1.04. The van der Waals surface area contributed by atoms with E-state index in [1.165, 1.54) is 18.8 Å². The Morgan fingerprint density at radius 1 is 1.56 bits per heavy atom. The number of anilines is 1. The number of nitrogens with zero attached hydrogens (tertiary/aromatic N) is 2. The van der Waals surface area contributed by atoms with Crippen LogP contribution < -0.4 is 5.32 Å². The van der Waals surface area contributed by atoms with Gasteiger partial charge in [0.15, 0.2) is 11.5 Å². The molecule has 0 amide bonds. The highest BCUT2D eigenvalue weighted by Crippen LogP contribution is 2.37. The molecule has 0 bridgehead atoms. The van der Waals surface area contributed by atoms with Crippen LogP contribution >= 0.6 is 0 Å². The number of carboxylic acid groups (broad SMARTS) is 1. The zero-order valence-corrected chi connectivity index (χ0v) is 9.18. The largest absolute Gasteiger partial charge is 0.476 e. The van der Waals surface area contributed by atoms with Crippen LogP contribution in [0.3, 0.4) is 0 Å². The van der Waals surface area contributed by atoms with Gasteiger partial charge in [-0.1, -0.05) is 13.3 Å². The molecular formula is C11H15N3O2. The first kappa shape index (κ1) is 10.9. The fraction of sp³-hybridized carbons (Fsp3) is 0.545. The van der Waals surface area contributed by atoms with E-state index in [0.29, 0.717) is 17.8 Å². The van der Waals surface area contributed by atoms with Crippen molar-refractivity contribution in [3.8, 4) is 0 Å². The molecule has 0 aromatic carbocycles. The van der Waals surface area contributed by atoms with E-state index in [1.54, 1.807) is 0 Å². The van der Waals surface area contributed by atoms with Crippen molar-refractivity contribution < 1.29 is 9.90 Å². The summed E-state index contributed by atoms with van der Waals surface area (Å²) >= 11 is 0. The van der Waals surface area contributed by atoms with Gasteiger partial charge < -0.3 is 10.4 Å². The Labute approximate surface area is 93.9 Å². The molecule has 0 saturated heterocycles. The molecule has 1 aromatic rings. The summed E-state index contributed by atoms with van der Waals surface area (Å²) in [6, 6.07) is 0.370. The van der Waals surface area contributed by atoms with Crippen LogP contribution in [0.25, 0.3) is 0 Å². The molecule has 1 aliphatic carbocycles. The molecule has 16 heavy (non-hydrogen) atoms. The summed E-state index contributed by atoms with van der Waals surface area (Å²) in [4.78, 5) is 18.7. The van der Waals surface area contributed by atoms with Gasteiger partial charge in [0.2, 0.25) is 0 Å². The normalized spacial score (nSPS) is 22.8. The molecule has 2 unspecified atom stereocenters. The van der Waals surface area contributed by atoms with E-state index < -0.39 is 5.97 Å². The first-order chi connectivity index (χ1) is 7.72. The number of hydrogen-bond acceptors (Lipinski definition) is 4. The molecule has 0 aliphatic heterocycles. The number of hydrogen-bond donors (Lipinski definition) is 2. The summed E-state index contributed by atoms with van der Waals surface area (Å²) < 4.78 is 0. The monoisotopic (exact) mass is 221 g/mol. The highest BCUT2D eigenvalue weighted by molar-refractivity contribution is 5.90. The molecule has 2 atom stereocenters. The van der Waals surface area contributed by atoms with E-state index >= 15 is 0 Å². The number of aromatic nitrogens is 2. The average Bonchev–Trinajstić information content (AvgIpc) is 2.97. The molecule has 2 N–H and O–H groups in total. The molecule has 1 heterocycles. The van der Waals surface area contributed by atoms with Gasteiger partial charge in [-0.3, -0.25) is 0 Å². The Hall–Kier alpha value is -1.65. The van der Waals surface area contributed by atoms with Gasteiger partial charge in [-0.15, -0.1) is 0 Å². The molecule has 0 radical (unpaired) electrons. The second-order valence-corrected chi connectivity index (χ2v) is 4.09. The SMILES string of the molecule is CCCC1CC1Nc1nccnc1C(=O)O. The molecule has 0 spiro atoms. The number of carboxylic acids is 1. The Kier molecular flexibility index (Phi) is 3.03. The third kappa shape index (κ3) is 2.29. The van der Waals surface area contributed by atoms with Gasteiger partial charge in [0.1, 0.15) is 0 Å². The summed E-state index contributed by atoms with van der Waals surface area (Å²) in [5.41, 5.74) is 0.00430. The average molecular weight is 221 g/mol. The molecule has 1 aliphatic rings. The third-order valence-electron chi connectivity index (χ3n) is 2.80. The Morgan fingerprint density at radius 3 is 3.00 bits per heavy atom. The van der Waals surface area contributed by atoms with E-state index in [1.807, 2.05) is 0 Å². The molecule has 86 valence electrons. The predicted octanol–water partition coefficient (Wildman–Crippen LogP) is 1.78. The highest BCUT2D eigenvalue weighted by Gasteiger charge is 2.36. The molecule has 1 saturated carbocycles. The van der Waals surface area contributed by atoms with Crippen molar-refractivity contribution in [1.29, 1.82) is 0 Å². The predicted molar refractivity (Wildman–Crippen MR) is 59.4 cm³/mol. The van der Waals surface area contributed by atoms with E-state index in [0.717, 1.165) is 12.8 Å². The van der Waals surface area contributed by atoms with Crippen molar-refractivity contribution in [2.75, 3.05) is 5.32 Å². The van der Waals surface area contributed by atoms with Crippen LogP contribution in [0, 0.1) is 5.92 Å². The van der Waals surface area contributed by atoms with Crippen LogP contribution in [0.1, 0.15) is 36.7 Å². The molecule has 5 nitrogen and oxygen atoms in total.